The molecule has 1 fully saturated rings. The molecule has 1 unspecified atom stereocenters. The Morgan fingerprint density at radius 1 is 1.23 bits per heavy atom. The first-order chi connectivity index (χ1) is 12.6. The number of nitrogens with zero attached hydrogens (tertiary/aromatic N) is 2. The van der Waals surface area contributed by atoms with E-state index in [2.05, 4.69) is 10.3 Å². The van der Waals surface area contributed by atoms with Crippen LogP contribution in [0.3, 0.4) is 0 Å². The van der Waals surface area contributed by atoms with Crippen LogP contribution in [-0.2, 0) is 6.42 Å². The maximum atomic E-state index is 12.7. The lowest BCUT2D eigenvalue weighted by atomic mass is 9.90. The summed E-state index contributed by atoms with van der Waals surface area (Å²) in [7, 11) is 0. The topological polar surface area (TPSA) is 62.3 Å². The number of likely N-dealkylation sites (tertiary alicyclic amines) is 1. The summed E-state index contributed by atoms with van der Waals surface area (Å²) in [4.78, 5) is 30.8. The summed E-state index contributed by atoms with van der Waals surface area (Å²) in [5, 5.41) is 3.50. The van der Waals surface area contributed by atoms with E-state index in [1.165, 1.54) is 0 Å². The largest absolute Gasteiger partial charge is 0.338 e. The average Bonchev–Trinajstić information content (AvgIpc) is 2.68. The fourth-order valence-electron chi connectivity index (χ4n) is 3.23. The molecule has 1 atom stereocenters. The Morgan fingerprint density at radius 3 is 2.81 bits per heavy atom. The molecule has 0 aliphatic carbocycles. The van der Waals surface area contributed by atoms with Crippen LogP contribution >= 0.6 is 11.6 Å². The van der Waals surface area contributed by atoms with Crippen molar-refractivity contribution in [1.29, 1.82) is 0 Å². The van der Waals surface area contributed by atoms with Gasteiger partial charge < -0.3 is 10.2 Å². The van der Waals surface area contributed by atoms with E-state index in [1.807, 2.05) is 12.1 Å². The van der Waals surface area contributed by atoms with Gasteiger partial charge in [-0.15, -0.1) is 0 Å². The van der Waals surface area contributed by atoms with Crippen LogP contribution in [0.2, 0.25) is 5.02 Å². The first-order valence-electron chi connectivity index (χ1n) is 8.85. The molecule has 136 valence electrons. The molecular formula is C20H22ClN3O2. The Kier molecular flexibility index (Phi) is 6.23. The lowest BCUT2D eigenvalue weighted by Gasteiger charge is -2.32. The Morgan fingerprint density at radius 2 is 2.04 bits per heavy atom. The van der Waals surface area contributed by atoms with E-state index in [9.17, 15) is 9.59 Å². The molecule has 2 amide bonds. The molecule has 3 rings (SSSR count). The number of nitrogens with one attached hydrogen (secondary N) is 1. The number of halogens is 1. The number of amides is 2. The number of pyridine rings is 1. The Hall–Kier alpha value is -2.40. The second kappa shape index (κ2) is 8.81. The number of hydrogen-bond acceptors (Lipinski definition) is 3. The third-order valence-corrected chi connectivity index (χ3v) is 4.86. The number of ketones is 1. The van der Waals surface area contributed by atoms with Gasteiger partial charge in [0.25, 0.3) is 0 Å². The highest BCUT2D eigenvalue weighted by atomic mass is 35.5. The van der Waals surface area contributed by atoms with Gasteiger partial charge >= 0.3 is 6.03 Å². The molecule has 1 aromatic carbocycles. The summed E-state index contributed by atoms with van der Waals surface area (Å²) in [5.41, 5.74) is 1.75. The van der Waals surface area contributed by atoms with Gasteiger partial charge in [-0.1, -0.05) is 23.7 Å². The van der Waals surface area contributed by atoms with Gasteiger partial charge in [0.15, 0.2) is 5.78 Å². The monoisotopic (exact) mass is 371 g/mol. The third kappa shape index (κ3) is 4.82. The molecule has 1 aliphatic heterocycles. The summed E-state index contributed by atoms with van der Waals surface area (Å²) in [6.07, 6.45) is 5.87. The maximum absolute atomic E-state index is 12.7. The fraction of sp³-hybridized carbons (Fsp3) is 0.350. The van der Waals surface area contributed by atoms with Gasteiger partial charge in [-0.2, -0.15) is 0 Å². The summed E-state index contributed by atoms with van der Waals surface area (Å²) >= 11 is 5.98. The zero-order chi connectivity index (χ0) is 18.4. The van der Waals surface area contributed by atoms with Crippen molar-refractivity contribution in [3.05, 3.63) is 64.9 Å². The van der Waals surface area contributed by atoms with Crippen molar-refractivity contribution in [2.75, 3.05) is 19.6 Å². The van der Waals surface area contributed by atoms with E-state index in [1.54, 1.807) is 41.6 Å². The standard InChI is InChI=1S/C20H22ClN3O2/c21-18-5-1-3-16(13-18)19(25)17-4-2-12-24(14-17)20(26)23-11-8-15-6-9-22-10-7-15/h1,3,5-7,9-10,13,17H,2,4,8,11-12,14H2,(H,23,26). The van der Waals surface area contributed by atoms with Crippen molar-refractivity contribution >= 4 is 23.4 Å². The number of Topliss-reactive ketones (excluding diaryl/α,β-unsaturated/α-hetero) is 1. The van der Waals surface area contributed by atoms with Crippen molar-refractivity contribution in [3.8, 4) is 0 Å². The molecule has 2 heterocycles. The molecule has 0 saturated carbocycles. The number of piperidine rings is 1. The first kappa shape index (κ1) is 18.4. The van der Waals surface area contributed by atoms with Crippen LogP contribution in [0.5, 0.6) is 0 Å². The molecule has 5 nitrogen and oxygen atoms in total. The second-order valence-corrected chi connectivity index (χ2v) is 6.93. The number of rotatable bonds is 5. The lowest BCUT2D eigenvalue weighted by Crippen LogP contribution is -2.47. The Bertz CT molecular complexity index is 767. The van der Waals surface area contributed by atoms with Crippen molar-refractivity contribution in [2.45, 2.75) is 19.3 Å². The highest BCUT2D eigenvalue weighted by molar-refractivity contribution is 6.31. The summed E-state index contributed by atoms with van der Waals surface area (Å²) < 4.78 is 0. The molecule has 1 aliphatic rings. The van der Waals surface area contributed by atoms with E-state index in [0.29, 0.717) is 30.2 Å². The summed E-state index contributed by atoms with van der Waals surface area (Å²) in [5.74, 6) is -0.116. The molecule has 6 heteroatoms. The number of carbonyl (C=O) groups is 2. The SMILES string of the molecule is O=C(c1cccc(Cl)c1)C1CCCN(C(=O)NCCc2ccncc2)C1. The van der Waals surface area contributed by atoms with Gasteiger partial charge in [0.2, 0.25) is 0 Å². The highest BCUT2D eigenvalue weighted by Crippen LogP contribution is 2.22. The zero-order valence-electron chi connectivity index (χ0n) is 14.5. The van der Waals surface area contributed by atoms with E-state index in [4.69, 9.17) is 11.6 Å². The minimum absolute atomic E-state index is 0.0572. The van der Waals surface area contributed by atoms with Crippen molar-refractivity contribution < 1.29 is 9.59 Å². The average molecular weight is 372 g/mol. The zero-order valence-corrected chi connectivity index (χ0v) is 15.3. The molecule has 1 N–H and O–H groups in total. The molecule has 2 aromatic rings. The highest BCUT2D eigenvalue weighted by Gasteiger charge is 2.29. The van der Waals surface area contributed by atoms with E-state index >= 15 is 0 Å². The maximum Gasteiger partial charge on any atom is 0.317 e. The van der Waals surface area contributed by atoms with Gasteiger partial charge in [-0.3, -0.25) is 9.78 Å². The molecule has 1 aromatic heterocycles. The first-order valence-corrected chi connectivity index (χ1v) is 9.23. The third-order valence-electron chi connectivity index (χ3n) is 4.63. The van der Waals surface area contributed by atoms with Crippen LogP contribution in [0.15, 0.2) is 48.8 Å². The normalized spacial score (nSPS) is 17.0. The van der Waals surface area contributed by atoms with Crippen molar-refractivity contribution in [3.63, 3.8) is 0 Å². The van der Waals surface area contributed by atoms with E-state index in [0.717, 1.165) is 24.8 Å². The van der Waals surface area contributed by atoms with Crippen molar-refractivity contribution in [1.82, 2.24) is 15.2 Å². The van der Waals surface area contributed by atoms with Gasteiger partial charge in [-0.05, 0) is 49.1 Å². The van der Waals surface area contributed by atoms with Crippen LogP contribution in [0, 0.1) is 5.92 Å². The molecule has 1 saturated heterocycles. The smallest absolute Gasteiger partial charge is 0.317 e. The predicted molar refractivity (Wildman–Crippen MR) is 101 cm³/mol. The quantitative estimate of drug-likeness (QED) is 0.817. The van der Waals surface area contributed by atoms with Gasteiger partial charge in [0, 0.05) is 48.5 Å². The number of hydrogen-bond donors (Lipinski definition) is 1. The summed E-state index contributed by atoms with van der Waals surface area (Å²) in [6, 6.07) is 10.8. The van der Waals surface area contributed by atoms with Crippen LogP contribution < -0.4 is 5.32 Å². The number of benzene rings is 1. The molecule has 0 spiro atoms. The van der Waals surface area contributed by atoms with Crippen LogP contribution in [0.25, 0.3) is 0 Å². The van der Waals surface area contributed by atoms with Gasteiger partial charge in [0.1, 0.15) is 0 Å². The molecular weight excluding hydrogens is 350 g/mol. The molecule has 0 radical (unpaired) electrons. The molecule has 0 bridgehead atoms. The lowest BCUT2D eigenvalue weighted by molar-refractivity contribution is 0.0846. The molecule has 26 heavy (non-hydrogen) atoms. The summed E-state index contributed by atoms with van der Waals surface area (Å²) in [6.45, 7) is 1.69. The van der Waals surface area contributed by atoms with E-state index < -0.39 is 0 Å². The van der Waals surface area contributed by atoms with Crippen LogP contribution in [-0.4, -0.2) is 41.3 Å². The van der Waals surface area contributed by atoms with E-state index in [-0.39, 0.29) is 17.7 Å². The van der Waals surface area contributed by atoms with Crippen LogP contribution in [0.1, 0.15) is 28.8 Å². The predicted octanol–water partition coefficient (Wildman–Crippen LogP) is 3.58. The number of urea groups is 1. The Balaban J connectivity index is 1.52. The fourth-order valence-corrected chi connectivity index (χ4v) is 3.42. The minimum Gasteiger partial charge on any atom is -0.338 e. The Labute approximate surface area is 158 Å². The van der Waals surface area contributed by atoms with Crippen molar-refractivity contribution in [2.24, 2.45) is 5.92 Å². The minimum atomic E-state index is -0.173. The van der Waals surface area contributed by atoms with Gasteiger partial charge in [0.05, 0.1) is 0 Å². The number of aromatic nitrogens is 1. The number of carbonyl (C=O) groups excluding carboxylic acids is 2. The van der Waals surface area contributed by atoms with Crippen LogP contribution in [0.4, 0.5) is 4.79 Å². The van der Waals surface area contributed by atoms with Gasteiger partial charge in [-0.25, -0.2) is 4.79 Å². The second-order valence-electron chi connectivity index (χ2n) is 6.50.